The Labute approximate surface area is 307 Å². The van der Waals surface area contributed by atoms with Crippen LogP contribution in [-0.2, 0) is 23.3 Å². The number of aryl methyl sites for hydroxylation is 2. The van der Waals surface area contributed by atoms with E-state index in [1.54, 1.807) is 32.9 Å². The van der Waals surface area contributed by atoms with Gasteiger partial charge in [0.1, 0.15) is 0 Å². The summed E-state index contributed by atoms with van der Waals surface area (Å²) in [5.74, 6) is 0. The predicted octanol–water partition coefficient (Wildman–Crippen LogP) is 1.81. The van der Waals surface area contributed by atoms with Crippen LogP contribution in [0.5, 0.6) is 0 Å². The van der Waals surface area contributed by atoms with E-state index in [-0.39, 0.29) is 30.2 Å². The fourth-order valence-corrected chi connectivity index (χ4v) is 5.38. The number of fused-ring (bicyclic) bond motifs is 2. The summed E-state index contributed by atoms with van der Waals surface area (Å²) in [5.41, 5.74) is 9.26. The smallest absolute Gasteiger partial charge is 0.162 e. The molecule has 240 valence electrons. The van der Waals surface area contributed by atoms with Crippen molar-refractivity contribution in [1.29, 1.82) is 0 Å². The molecule has 0 aliphatic carbocycles. The molecule has 8 aromatic rings. The second-order valence-corrected chi connectivity index (χ2v) is 20.6. The molecule has 6 aromatic carbocycles. The summed E-state index contributed by atoms with van der Waals surface area (Å²) in [7, 11) is 0. The van der Waals surface area contributed by atoms with Crippen LogP contribution in [0.1, 0.15) is 11.1 Å². The summed E-state index contributed by atoms with van der Waals surface area (Å²) in [6, 6.07) is 38.0. The van der Waals surface area contributed by atoms with E-state index < -0.39 is 0 Å². The van der Waals surface area contributed by atoms with Gasteiger partial charge < -0.3 is 24.8 Å². The van der Waals surface area contributed by atoms with Crippen LogP contribution in [0.25, 0.3) is 55.2 Å². The van der Waals surface area contributed by atoms with Gasteiger partial charge >= 0.3 is 41.9 Å². The molecule has 8 nitrogen and oxygen atoms in total. The Morgan fingerprint density at radius 3 is 1.27 bits per heavy atom. The molecule has 0 amide bonds. The van der Waals surface area contributed by atoms with E-state index >= 15 is 0 Å². The molecule has 12 heteroatoms. The second-order valence-electron chi connectivity index (χ2n) is 11.2. The van der Waals surface area contributed by atoms with Crippen LogP contribution >= 0.6 is 0 Å². The van der Waals surface area contributed by atoms with Crippen molar-refractivity contribution in [2.24, 2.45) is 0 Å². The van der Waals surface area contributed by atoms with Gasteiger partial charge in [-0.15, -0.1) is 86.9 Å². The van der Waals surface area contributed by atoms with Gasteiger partial charge in [-0.2, -0.15) is 12.1 Å². The van der Waals surface area contributed by atoms with Crippen molar-refractivity contribution >= 4 is 27.0 Å². The minimum atomic E-state index is 0. The summed E-state index contributed by atoms with van der Waals surface area (Å²) in [5, 5.41) is 28.7. The normalized spacial score (nSPS) is 10.3. The average Bonchev–Trinajstić information content (AvgIpc) is 3.88. The maximum atomic E-state index is 4.18. The summed E-state index contributed by atoms with van der Waals surface area (Å²) in [6.45, 7) is 8.81. The van der Waals surface area contributed by atoms with Crippen LogP contribution < -0.4 is 24.8 Å². The molecule has 0 saturated heterocycles. The summed E-state index contributed by atoms with van der Waals surface area (Å²) >= 11 is 1.74. The molecular formula is C36H32Cl2N8SiZr-2. The number of halogens is 2. The first-order valence-electron chi connectivity index (χ1n) is 14.9. The molecule has 0 bridgehead atoms. The quantitative estimate of drug-likeness (QED) is 0.201. The molecule has 0 atom stereocenters. The molecule has 8 rings (SSSR count). The number of benzene rings is 4. The Hall–Kier alpha value is -4.08. The van der Waals surface area contributed by atoms with Gasteiger partial charge in [-0.05, 0) is 33.7 Å². The molecule has 2 heterocycles. The average molecular weight is 767 g/mol. The minimum absolute atomic E-state index is 0. The third kappa shape index (κ3) is 8.68. The second kappa shape index (κ2) is 16.8. The van der Waals surface area contributed by atoms with E-state index in [9.17, 15) is 0 Å². The van der Waals surface area contributed by atoms with Crippen molar-refractivity contribution in [2.75, 3.05) is 0 Å². The number of hydrogen-bond acceptors (Lipinski definition) is 6. The first kappa shape index (κ1) is 36.8. The number of tetrazole rings is 2. The first-order chi connectivity index (χ1) is 22.4. The molecular weight excluding hydrogens is 735 g/mol. The molecule has 0 aliphatic rings. The Balaban J connectivity index is 0.000000188. The molecule has 0 N–H and O–H groups in total. The number of nitrogens with zero attached hydrogens (tertiary/aromatic N) is 8. The summed E-state index contributed by atoms with van der Waals surface area (Å²) in [4.78, 5) is 3.16. The number of hydrogen-bond donors (Lipinski definition) is 0. The van der Waals surface area contributed by atoms with Crippen LogP contribution in [-0.4, -0.2) is 45.8 Å². The van der Waals surface area contributed by atoms with E-state index in [4.69, 9.17) is 0 Å². The molecule has 0 fully saturated rings. The van der Waals surface area contributed by atoms with E-state index in [1.165, 1.54) is 45.7 Å². The molecule has 0 unspecified atom stereocenters. The van der Waals surface area contributed by atoms with Gasteiger partial charge in [0.15, 0.2) is 12.7 Å². The van der Waals surface area contributed by atoms with Crippen molar-refractivity contribution in [3.05, 3.63) is 133 Å². The van der Waals surface area contributed by atoms with E-state index in [0.29, 0.717) is 0 Å². The number of rotatable bonds is 4. The topological polar surface area (TPSA) is 87.2 Å². The van der Waals surface area contributed by atoms with Crippen LogP contribution in [0.2, 0.25) is 13.1 Å². The minimum Gasteiger partial charge on any atom is -1.00 e. The van der Waals surface area contributed by atoms with Crippen molar-refractivity contribution < 1.29 is 48.1 Å². The van der Waals surface area contributed by atoms with Crippen LogP contribution in [0.4, 0.5) is 0 Å². The van der Waals surface area contributed by atoms with Crippen molar-refractivity contribution in [1.82, 2.24) is 40.4 Å². The molecule has 48 heavy (non-hydrogen) atoms. The zero-order chi connectivity index (χ0) is 32.0. The van der Waals surface area contributed by atoms with Crippen LogP contribution in [0, 0.1) is 13.8 Å². The Morgan fingerprint density at radius 2 is 0.938 bits per heavy atom. The zero-order valence-electron chi connectivity index (χ0n) is 26.9. The predicted molar refractivity (Wildman–Crippen MR) is 182 cm³/mol. The summed E-state index contributed by atoms with van der Waals surface area (Å²) < 4.78 is 0. The summed E-state index contributed by atoms with van der Waals surface area (Å²) in [6.07, 6.45) is 2.91. The van der Waals surface area contributed by atoms with E-state index in [2.05, 4.69) is 131 Å². The Kier molecular flexibility index (Phi) is 12.9. The third-order valence-corrected chi connectivity index (χ3v) is 7.23. The van der Waals surface area contributed by atoms with E-state index in [1.807, 2.05) is 36.4 Å². The number of aromatic nitrogens is 8. The van der Waals surface area contributed by atoms with Crippen molar-refractivity contribution in [3.8, 4) is 33.6 Å². The SMILES string of the molecule is C[Si](C)=[Zr+2].Cc1cc2c(-n3ncnn3)cc(-c3ccccc3)cc2[cH-]1.Cc1cc2c(-n3ncnn3)cc(-c3ccccc3)cc2[cH-]1.[Cl-].[Cl-]. The molecule has 0 saturated carbocycles. The maximum Gasteiger partial charge on any atom is 0.162 e. The molecule has 0 spiro atoms. The maximum absolute atomic E-state index is 4.18. The third-order valence-electron chi connectivity index (χ3n) is 7.23. The monoisotopic (exact) mass is 764 g/mol. The van der Waals surface area contributed by atoms with Gasteiger partial charge in [0.05, 0.1) is 0 Å². The van der Waals surface area contributed by atoms with Crippen molar-refractivity contribution in [3.63, 3.8) is 0 Å². The van der Waals surface area contributed by atoms with Gasteiger partial charge in [-0.25, -0.2) is 0 Å². The largest absolute Gasteiger partial charge is 1.00 e. The zero-order valence-corrected chi connectivity index (χ0v) is 31.9. The van der Waals surface area contributed by atoms with Gasteiger partial charge in [0.25, 0.3) is 0 Å². The van der Waals surface area contributed by atoms with Crippen LogP contribution in [0.3, 0.4) is 0 Å². The van der Waals surface area contributed by atoms with E-state index in [0.717, 1.165) is 33.3 Å². The Bertz CT molecular complexity index is 2060. The molecule has 2 aromatic heterocycles. The van der Waals surface area contributed by atoms with Gasteiger partial charge in [0, 0.05) is 11.4 Å². The van der Waals surface area contributed by atoms with Gasteiger partial charge in [-0.3, -0.25) is 0 Å². The Morgan fingerprint density at radius 1 is 0.562 bits per heavy atom. The van der Waals surface area contributed by atoms with Crippen molar-refractivity contribution in [2.45, 2.75) is 26.9 Å². The van der Waals surface area contributed by atoms with Gasteiger partial charge in [0.2, 0.25) is 0 Å². The van der Waals surface area contributed by atoms with Gasteiger partial charge in [-0.1, -0.05) is 85.6 Å². The van der Waals surface area contributed by atoms with Crippen LogP contribution in [0.15, 0.2) is 122 Å². The first-order valence-corrected chi connectivity index (χ1v) is 21.1. The molecule has 0 radical (unpaired) electrons. The fourth-order valence-electron chi connectivity index (χ4n) is 5.38. The molecule has 0 aliphatic heterocycles. The standard InChI is InChI=1S/2C17H13N4.C2H6Si.2ClH.Zr/c2*1-12-7-15-9-14(13-5-3-2-4-6-13)10-17(16(15)8-12)21-19-11-18-20-21;1-3-2;;;/h2*2-11H,1H3;1-2H3;2*1H;/q2*-1;;;;+2/p-2. The fraction of sp³-hybridized carbons (Fsp3) is 0.111.